The average Bonchev–Trinajstić information content (AvgIpc) is 2.29. The van der Waals surface area contributed by atoms with Crippen LogP contribution in [0.1, 0.15) is 25.3 Å². The monoisotopic (exact) mass is 275 g/mol. The molecule has 1 rings (SSSR count). The molecule has 5 heteroatoms. The molecule has 0 aliphatic carbocycles. The van der Waals surface area contributed by atoms with Crippen LogP contribution in [0.4, 0.5) is 8.78 Å². The van der Waals surface area contributed by atoms with Gasteiger partial charge in [0, 0.05) is 17.5 Å². The molecule has 0 spiro atoms. The van der Waals surface area contributed by atoms with E-state index in [1.807, 2.05) is 6.92 Å². The van der Waals surface area contributed by atoms with Gasteiger partial charge in [0.1, 0.15) is 11.6 Å². The predicted octanol–water partition coefficient (Wildman–Crippen LogP) is 3.03. The fourth-order valence-electron chi connectivity index (χ4n) is 1.54. The summed E-state index contributed by atoms with van der Waals surface area (Å²) >= 11 is 5.75. The first-order chi connectivity index (χ1) is 8.50. The number of halogens is 3. The minimum Gasteiger partial charge on any atom is -0.356 e. The Kier molecular flexibility index (Phi) is 6.05. The van der Waals surface area contributed by atoms with Crippen molar-refractivity contribution in [3.05, 3.63) is 35.4 Å². The smallest absolute Gasteiger partial charge is 0.224 e. The fourth-order valence-corrected chi connectivity index (χ4v) is 1.69. The minimum absolute atomic E-state index is 0.0610. The highest BCUT2D eigenvalue weighted by atomic mass is 35.5. The predicted molar refractivity (Wildman–Crippen MR) is 67.6 cm³/mol. The fraction of sp³-hybridized carbons (Fsp3) is 0.462. The van der Waals surface area contributed by atoms with E-state index < -0.39 is 11.6 Å². The van der Waals surface area contributed by atoms with Crippen LogP contribution in [0.25, 0.3) is 0 Å². The normalized spacial score (nSPS) is 12.2. The van der Waals surface area contributed by atoms with Gasteiger partial charge in [0.2, 0.25) is 5.91 Å². The van der Waals surface area contributed by atoms with Crippen molar-refractivity contribution < 1.29 is 13.6 Å². The molecule has 1 unspecified atom stereocenters. The van der Waals surface area contributed by atoms with E-state index in [1.165, 1.54) is 6.07 Å². The highest BCUT2D eigenvalue weighted by Crippen LogP contribution is 2.12. The van der Waals surface area contributed by atoms with Gasteiger partial charge in [-0.25, -0.2) is 8.78 Å². The number of amides is 1. The zero-order valence-electron chi connectivity index (χ0n) is 10.2. The van der Waals surface area contributed by atoms with Gasteiger partial charge in [-0.15, -0.1) is 11.6 Å². The Balaban J connectivity index is 2.40. The number of hydrogen-bond acceptors (Lipinski definition) is 1. The van der Waals surface area contributed by atoms with Crippen LogP contribution in [0.2, 0.25) is 0 Å². The van der Waals surface area contributed by atoms with E-state index in [-0.39, 0.29) is 23.3 Å². The van der Waals surface area contributed by atoms with Crippen molar-refractivity contribution in [1.82, 2.24) is 5.32 Å². The van der Waals surface area contributed by atoms with Gasteiger partial charge < -0.3 is 5.32 Å². The minimum atomic E-state index is -0.695. The molecule has 0 fully saturated rings. The molecule has 0 bridgehead atoms. The summed E-state index contributed by atoms with van der Waals surface area (Å²) in [5.41, 5.74) is -0.194. The summed E-state index contributed by atoms with van der Waals surface area (Å²) in [5.74, 6) is -1.78. The van der Waals surface area contributed by atoms with E-state index in [0.717, 1.165) is 25.0 Å². The molecule has 1 aromatic rings. The highest BCUT2D eigenvalue weighted by Gasteiger charge is 2.12. The molecule has 0 saturated carbocycles. The lowest BCUT2D eigenvalue weighted by Crippen LogP contribution is -2.27. The second-order valence-electron chi connectivity index (χ2n) is 4.15. The summed E-state index contributed by atoms with van der Waals surface area (Å²) < 4.78 is 26.5. The number of rotatable bonds is 6. The van der Waals surface area contributed by atoms with Crippen LogP contribution < -0.4 is 5.32 Å². The number of carbonyl (C=O) groups is 1. The summed E-state index contributed by atoms with van der Waals surface area (Å²) in [5, 5.41) is 2.67. The molecule has 1 aromatic carbocycles. The molecule has 100 valence electrons. The van der Waals surface area contributed by atoms with Crippen LogP contribution in [0.5, 0.6) is 0 Å². The Morgan fingerprint density at radius 1 is 1.39 bits per heavy atom. The number of nitrogens with one attached hydrogen (secondary N) is 1. The summed E-state index contributed by atoms with van der Waals surface area (Å²) in [4.78, 5) is 11.5. The van der Waals surface area contributed by atoms with Crippen molar-refractivity contribution in [2.45, 2.75) is 31.6 Å². The van der Waals surface area contributed by atoms with E-state index in [1.54, 1.807) is 0 Å². The maximum Gasteiger partial charge on any atom is 0.224 e. The molecule has 0 saturated heterocycles. The van der Waals surface area contributed by atoms with Gasteiger partial charge in [0.05, 0.1) is 6.42 Å². The standard InChI is InChI=1S/C13H16ClF2NO/c1-9(14)4-3-7-17-13(18)8-10-11(15)5-2-6-12(10)16/h2,5-6,9H,3-4,7-8H2,1H3,(H,17,18). The lowest BCUT2D eigenvalue weighted by molar-refractivity contribution is -0.120. The topological polar surface area (TPSA) is 29.1 Å². The Labute approximate surface area is 110 Å². The lowest BCUT2D eigenvalue weighted by Gasteiger charge is -2.07. The molecule has 0 heterocycles. The molecule has 0 radical (unpaired) electrons. The lowest BCUT2D eigenvalue weighted by atomic mass is 10.1. The van der Waals surface area contributed by atoms with Gasteiger partial charge in [-0.2, -0.15) is 0 Å². The van der Waals surface area contributed by atoms with E-state index in [0.29, 0.717) is 6.54 Å². The molecule has 18 heavy (non-hydrogen) atoms. The third-order valence-corrected chi connectivity index (χ3v) is 2.72. The Morgan fingerprint density at radius 3 is 2.56 bits per heavy atom. The van der Waals surface area contributed by atoms with Gasteiger partial charge in [-0.05, 0) is 31.9 Å². The first-order valence-electron chi connectivity index (χ1n) is 5.84. The van der Waals surface area contributed by atoms with Crippen LogP contribution in [0.3, 0.4) is 0 Å². The van der Waals surface area contributed by atoms with Crippen LogP contribution in [0.15, 0.2) is 18.2 Å². The zero-order valence-corrected chi connectivity index (χ0v) is 10.9. The van der Waals surface area contributed by atoms with Crippen molar-refractivity contribution in [3.8, 4) is 0 Å². The number of alkyl halides is 1. The van der Waals surface area contributed by atoms with Gasteiger partial charge >= 0.3 is 0 Å². The third-order valence-electron chi connectivity index (χ3n) is 2.50. The van der Waals surface area contributed by atoms with E-state index >= 15 is 0 Å². The first-order valence-corrected chi connectivity index (χ1v) is 6.28. The second-order valence-corrected chi connectivity index (χ2v) is 4.89. The third kappa shape index (κ3) is 5.00. The number of carbonyl (C=O) groups excluding carboxylic acids is 1. The van der Waals surface area contributed by atoms with Gasteiger partial charge in [-0.1, -0.05) is 6.07 Å². The quantitative estimate of drug-likeness (QED) is 0.627. The van der Waals surface area contributed by atoms with E-state index in [9.17, 15) is 13.6 Å². The Bertz CT molecular complexity index is 390. The molecule has 0 aromatic heterocycles. The molecular weight excluding hydrogens is 260 g/mol. The average molecular weight is 276 g/mol. The van der Waals surface area contributed by atoms with Crippen molar-refractivity contribution in [2.24, 2.45) is 0 Å². The largest absolute Gasteiger partial charge is 0.356 e. The molecule has 2 nitrogen and oxygen atoms in total. The number of hydrogen-bond donors (Lipinski definition) is 1. The SMILES string of the molecule is CC(Cl)CCCNC(=O)Cc1c(F)cccc1F. The van der Waals surface area contributed by atoms with E-state index in [2.05, 4.69) is 5.32 Å². The van der Waals surface area contributed by atoms with Crippen LogP contribution >= 0.6 is 11.6 Å². The van der Waals surface area contributed by atoms with Crippen molar-refractivity contribution in [3.63, 3.8) is 0 Å². The number of benzene rings is 1. The first kappa shape index (κ1) is 14.9. The van der Waals surface area contributed by atoms with Crippen LogP contribution in [-0.4, -0.2) is 17.8 Å². The second kappa shape index (κ2) is 7.31. The summed E-state index contributed by atoms with van der Waals surface area (Å²) in [6.45, 7) is 2.34. The summed E-state index contributed by atoms with van der Waals surface area (Å²) in [6.07, 6.45) is 1.25. The molecule has 0 aliphatic rings. The van der Waals surface area contributed by atoms with Crippen molar-refractivity contribution >= 4 is 17.5 Å². The Morgan fingerprint density at radius 2 is 2.00 bits per heavy atom. The maximum absolute atomic E-state index is 13.3. The zero-order chi connectivity index (χ0) is 13.5. The van der Waals surface area contributed by atoms with Crippen LogP contribution in [-0.2, 0) is 11.2 Å². The molecule has 0 aliphatic heterocycles. The Hall–Kier alpha value is -1.16. The highest BCUT2D eigenvalue weighted by molar-refractivity contribution is 6.20. The summed E-state index contributed by atoms with van der Waals surface area (Å²) in [6, 6.07) is 3.55. The van der Waals surface area contributed by atoms with Crippen molar-refractivity contribution in [2.75, 3.05) is 6.54 Å². The van der Waals surface area contributed by atoms with Gasteiger partial charge in [0.15, 0.2) is 0 Å². The summed E-state index contributed by atoms with van der Waals surface area (Å²) in [7, 11) is 0. The van der Waals surface area contributed by atoms with Crippen molar-refractivity contribution in [1.29, 1.82) is 0 Å². The molecule has 1 N–H and O–H groups in total. The van der Waals surface area contributed by atoms with E-state index in [4.69, 9.17) is 11.6 Å². The molecule has 1 atom stereocenters. The van der Waals surface area contributed by atoms with Gasteiger partial charge in [-0.3, -0.25) is 4.79 Å². The van der Waals surface area contributed by atoms with Crippen LogP contribution in [0, 0.1) is 11.6 Å². The molecule has 1 amide bonds. The van der Waals surface area contributed by atoms with Gasteiger partial charge in [0.25, 0.3) is 0 Å². The maximum atomic E-state index is 13.3. The molecular formula is C13H16ClF2NO.